The summed E-state index contributed by atoms with van der Waals surface area (Å²) in [6.07, 6.45) is 3.08. The lowest BCUT2D eigenvalue weighted by Crippen LogP contribution is -2.46. The molecule has 0 unspecified atom stereocenters. The number of anilines is 1. The first-order valence-corrected chi connectivity index (χ1v) is 6.90. The van der Waals surface area contributed by atoms with E-state index in [0.29, 0.717) is 32.6 Å². The molecule has 1 aliphatic rings. The van der Waals surface area contributed by atoms with E-state index in [-0.39, 0.29) is 0 Å². The molecule has 0 bridgehead atoms. The second kappa shape index (κ2) is 5.34. The normalized spacial score (nSPS) is 18.1. The van der Waals surface area contributed by atoms with Gasteiger partial charge in [-0.3, -0.25) is 0 Å². The molecule has 1 aromatic heterocycles. The first-order valence-electron chi connectivity index (χ1n) is 6.90. The van der Waals surface area contributed by atoms with Gasteiger partial charge in [0.05, 0.1) is 11.8 Å². The van der Waals surface area contributed by atoms with Gasteiger partial charge in [-0.15, -0.1) is 5.10 Å². The summed E-state index contributed by atoms with van der Waals surface area (Å²) in [4.78, 5) is 1.99. The number of ether oxygens (including phenoxy) is 1. The molecule has 5 nitrogen and oxygen atoms in total. The molecule has 0 amide bonds. The average molecular weight is 273 g/mol. The number of aliphatic hydroxyl groups is 1. The fraction of sp³-hybridized carbons (Fsp3) is 0.467. The average Bonchev–Trinajstić information content (AvgIpc) is 2.47. The Morgan fingerprint density at radius 3 is 2.85 bits per heavy atom. The third-order valence-electron chi connectivity index (χ3n) is 3.87. The number of hydrogen-bond acceptors (Lipinski definition) is 5. The van der Waals surface area contributed by atoms with Gasteiger partial charge in [-0.05, 0) is 0 Å². The Kier molecular flexibility index (Phi) is 3.54. The number of fused-ring (bicyclic) bond motifs is 1. The van der Waals surface area contributed by atoms with Crippen LogP contribution in [0.1, 0.15) is 12.8 Å². The van der Waals surface area contributed by atoms with Gasteiger partial charge in [-0.1, -0.05) is 24.3 Å². The van der Waals surface area contributed by atoms with Crippen molar-refractivity contribution in [2.24, 2.45) is 0 Å². The Morgan fingerprint density at radius 1 is 1.30 bits per heavy atom. The zero-order valence-electron chi connectivity index (χ0n) is 11.6. The predicted octanol–water partition coefficient (Wildman–Crippen LogP) is 1.61. The zero-order chi connectivity index (χ0) is 14.0. The summed E-state index contributed by atoms with van der Waals surface area (Å²) in [6, 6.07) is 8.03. The van der Waals surface area contributed by atoms with Crippen molar-refractivity contribution >= 4 is 16.6 Å². The highest BCUT2D eigenvalue weighted by atomic mass is 16.5. The van der Waals surface area contributed by atoms with Crippen molar-refractivity contribution in [2.75, 3.05) is 31.7 Å². The fourth-order valence-corrected chi connectivity index (χ4v) is 2.72. The van der Waals surface area contributed by atoms with Crippen LogP contribution in [0.25, 0.3) is 10.8 Å². The highest BCUT2D eigenvalue weighted by molar-refractivity contribution is 5.91. The van der Waals surface area contributed by atoms with E-state index in [9.17, 15) is 5.11 Å². The lowest BCUT2D eigenvalue weighted by atomic mass is 9.94. The molecule has 5 heteroatoms. The quantitative estimate of drug-likeness (QED) is 0.920. The Hall–Kier alpha value is -1.72. The van der Waals surface area contributed by atoms with Crippen LogP contribution >= 0.6 is 0 Å². The van der Waals surface area contributed by atoms with Crippen LogP contribution in [0.2, 0.25) is 0 Å². The Morgan fingerprint density at radius 2 is 2.05 bits per heavy atom. The van der Waals surface area contributed by atoms with Crippen LogP contribution in [0.15, 0.2) is 30.5 Å². The van der Waals surface area contributed by atoms with Gasteiger partial charge in [0.1, 0.15) is 0 Å². The summed E-state index contributed by atoms with van der Waals surface area (Å²) >= 11 is 0. The van der Waals surface area contributed by atoms with Gasteiger partial charge in [-0.2, -0.15) is 5.10 Å². The van der Waals surface area contributed by atoms with Gasteiger partial charge < -0.3 is 14.7 Å². The number of hydrogen-bond donors (Lipinski definition) is 1. The first kappa shape index (κ1) is 13.3. The molecule has 0 aliphatic carbocycles. The van der Waals surface area contributed by atoms with Crippen LogP contribution in [0.4, 0.5) is 5.82 Å². The van der Waals surface area contributed by atoms with E-state index in [4.69, 9.17) is 4.74 Å². The summed E-state index contributed by atoms with van der Waals surface area (Å²) in [5.74, 6) is 0.808. The minimum absolute atomic E-state index is 0.541. The largest absolute Gasteiger partial charge is 0.388 e. The lowest BCUT2D eigenvalue weighted by Gasteiger charge is -2.35. The Balaban J connectivity index is 1.87. The Bertz CT molecular complexity index is 591. The maximum absolute atomic E-state index is 10.6. The van der Waals surface area contributed by atoms with Gasteiger partial charge in [-0.25, -0.2) is 0 Å². The number of likely N-dealkylation sites (N-methyl/N-ethyl adjacent to an activating group) is 1. The lowest BCUT2D eigenvalue weighted by molar-refractivity contribution is -0.0573. The minimum Gasteiger partial charge on any atom is -0.388 e. The molecule has 1 N–H and O–H groups in total. The predicted molar refractivity (Wildman–Crippen MR) is 77.8 cm³/mol. The third-order valence-corrected chi connectivity index (χ3v) is 3.87. The summed E-state index contributed by atoms with van der Waals surface area (Å²) < 4.78 is 5.32. The van der Waals surface area contributed by atoms with Crippen molar-refractivity contribution in [1.82, 2.24) is 10.2 Å². The minimum atomic E-state index is -0.703. The third kappa shape index (κ3) is 2.59. The maximum atomic E-state index is 10.6. The molecule has 1 aliphatic heterocycles. The number of aromatic nitrogens is 2. The van der Waals surface area contributed by atoms with Gasteiger partial charge in [0, 0.05) is 50.4 Å². The van der Waals surface area contributed by atoms with Gasteiger partial charge in [0.25, 0.3) is 0 Å². The van der Waals surface area contributed by atoms with Crippen LogP contribution in [0, 0.1) is 0 Å². The standard InChI is InChI=1S/C15H19N3O2/c1-18(11-15(19)6-8-20-9-7-15)14-13-5-3-2-4-12(13)10-16-17-14/h2-5,10,19H,6-9,11H2,1H3. The summed E-state index contributed by atoms with van der Waals surface area (Å²) in [5.41, 5.74) is -0.703. The molecule has 0 saturated carbocycles. The molecule has 1 fully saturated rings. The highest BCUT2D eigenvalue weighted by Gasteiger charge is 2.31. The van der Waals surface area contributed by atoms with E-state index < -0.39 is 5.60 Å². The number of benzene rings is 1. The van der Waals surface area contributed by atoms with E-state index in [2.05, 4.69) is 10.2 Å². The van der Waals surface area contributed by atoms with Crippen molar-refractivity contribution in [1.29, 1.82) is 0 Å². The highest BCUT2D eigenvalue weighted by Crippen LogP contribution is 2.26. The van der Waals surface area contributed by atoms with Crippen LogP contribution < -0.4 is 4.90 Å². The van der Waals surface area contributed by atoms with Crippen molar-refractivity contribution in [3.63, 3.8) is 0 Å². The molecule has 1 aromatic carbocycles. The molecule has 2 aromatic rings. The molecule has 0 atom stereocenters. The SMILES string of the molecule is CN(CC1(O)CCOCC1)c1nncc2ccccc12. The van der Waals surface area contributed by atoms with Crippen LogP contribution in [-0.2, 0) is 4.74 Å². The molecule has 0 radical (unpaired) electrons. The first-order chi connectivity index (χ1) is 9.68. The van der Waals surface area contributed by atoms with Gasteiger partial charge in [0.15, 0.2) is 5.82 Å². The molecule has 0 spiro atoms. The second-order valence-corrected chi connectivity index (χ2v) is 5.45. The number of nitrogens with zero attached hydrogens (tertiary/aromatic N) is 3. The molecule has 2 heterocycles. The summed E-state index contributed by atoms with van der Waals surface area (Å²) in [5, 5.41) is 21.0. The molecule has 106 valence electrons. The molecule has 3 rings (SSSR count). The van der Waals surface area contributed by atoms with Crippen molar-refractivity contribution < 1.29 is 9.84 Å². The second-order valence-electron chi connectivity index (χ2n) is 5.45. The van der Waals surface area contributed by atoms with Crippen molar-refractivity contribution in [2.45, 2.75) is 18.4 Å². The van der Waals surface area contributed by atoms with Crippen LogP contribution in [0.3, 0.4) is 0 Å². The van der Waals surface area contributed by atoms with Crippen LogP contribution in [-0.4, -0.2) is 47.7 Å². The van der Waals surface area contributed by atoms with E-state index in [1.807, 2.05) is 36.2 Å². The molecule has 1 saturated heterocycles. The van der Waals surface area contributed by atoms with Crippen LogP contribution in [0.5, 0.6) is 0 Å². The molecule has 20 heavy (non-hydrogen) atoms. The molecular weight excluding hydrogens is 254 g/mol. The fourth-order valence-electron chi connectivity index (χ4n) is 2.72. The zero-order valence-corrected chi connectivity index (χ0v) is 11.6. The summed E-state index contributed by atoms with van der Waals surface area (Å²) in [6.45, 7) is 1.77. The smallest absolute Gasteiger partial charge is 0.158 e. The monoisotopic (exact) mass is 273 g/mol. The topological polar surface area (TPSA) is 58.5 Å². The molecular formula is C15H19N3O2. The maximum Gasteiger partial charge on any atom is 0.158 e. The van der Waals surface area contributed by atoms with E-state index in [0.717, 1.165) is 16.6 Å². The van der Waals surface area contributed by atoms with Gasteiger partial charge in [0.2, 0.25) is 0 Å². The van der Waals surface area contributed by atoms with E-state index >= 15 is 0 Å². The summed E-state index contributed by atoms with van der Waals surface area (Å²) in [7, 11) is 1.95. The number of rotatable bonds is 3. The van der Waals surface area contributed by atoms with Crippen molar-refractivity contribution in [3.05, 3.63) is 30.5 Å². The van der Waals surface area contributed by atoms with E-state index in [1.54, 1.807) is 6.20 Å². The van der Waals surface area contributed by atoms with Gasteiger partial charge >= 0.3 is 0 Å². The van der Waals surface area contributed by atoms with E-state index in [1.165, 1.54) is 0 Å². The Labute approximate surface area is 118 Å². The van der Waals surface area contributed by atoms with Crippen molar-refractivity contribution in [3.8, 4) is 0 Å².